The summed E-state index contributed by atoms with van der Waals surface area (Å²) >= 11 is 0. The van der Waals surface area contributed by atoms with E-state index in [1.165, 1.54) is 0 Å². The van der Waals surface area contributed by atoms with E-state index in [-0.39, 0.29) is 0 Å². The highest BCUT2D eigenvalue weighted by molar-refractivity contribution is 5.73. The number of carboxylic acids is 3. The number of pyridine rings is 1. The Morgan fingerprint density at radius 1 is 0.735 bits per heavy atom. The summed E-state index contributed by atoms with van der Waals surface area (Å²) in [5.41, 5.74) is 0.881. The third-order valence-electron chi connectivity index (χ3n) is 6.58. The molecule has 1 aliphatic heterocycles. The van der Waals surface area contributed by atoms with Gasteiger partial charge in [0.2, 0.25) is 0 Å². The van der Waals surface area contributed by atoms with Gasteiger partial charge in [-0.05, 0) is 32.9 Å². The van der Waals surface area contributed by atoms with Gasteiger partial charge in [-0.3, -0.25) is 39.0 Å². The molecule has 0 amide bonds. The molecular formula is C23H37N5O6. The quantitative estimate of drug-likeness (QED) is 0.472. The highest BCUT2D eigenvalue weighted by Crippen LogP contribution is 2.10. The second-order valence-electron chi connectivity index (χ2n) is 8.75. The third-order valence-corrected chi connectivity index (χ3v) is 6.58. The zero-order valence-corrected chi connectivity index (χ0v) is 20.2. The largest absolute Gasteiger partial charge is 0.480 e. The molecule has 1 aliphatic rings. The summed E-state index contributed by atoms with van der Waals surface area (Å²) in [5.74, 6) is -2.82. The third kappa shape index (κ3) is 8.32. The van der Waals surface area contributed by atoms with Gasteiger partial charge < -0.3 is 15.3 Å². The van der Waals surface area contributed by atoms with Gasteiger partial charge in [-0.15, -0.1) is 0 Å². The lowest BCUT2D eigenvalue weighted by atomic mass is 10.2. The normalized spacial score (nSPS) is 21.0. The van der Waals surface area contributed by atoms with E-state index in [2.05, 4.69) is 9.88 Å². The van der Waals surface area contributed by atoms with Crippen LogP contribution in [0.5, 0.6) is 0 Å². The number of rotatable bonds is 8. The van der Waals surface area contributed by atoms with Crippen molar-refractivity contribution in [2.24, 2.45) is 0 Å². The van der Waals surface area contributed by atoms with E-state index >= 15 is 0 Å². The van der Waals surface area contributed by atoms with Crippen LogP contribution >= 0.6 is 0 Å². The van der Waals surface area contributed by atoms with Crippen LogP contribution in [0.2, 0.25) is 0 Å². The molecule has 11 heteroatoms. The smallest absolute Gasteiger partial charge is 0.320 e. The number of carboxylic acid groups (broad SMARTS) is 3. The summed E-state index contributed by atoms with van der Waals surface area (Å²) in [6.07, 6.45) is 1.72. The number of carbonyl (C=O) groups is 3. The first-order chi connectivity index (χ1) is 16.1. The molecule has 2 rings (SSSR count). The van der Waals surface area contributed by atoms with Crippen molar-refractivity contribution in [3.05, 3.63) is 30.1 Å². The SMILES string of the molecule is CC(C(=O)O)N1CCN(Cc2ccccn2)CCN(C(C)C(=O)O)CCN(C(C)C(=O)O)CC1. The summed E-state index contributed by atoms with van der Waals surface area (Å²) in [7, 11) is 0. The second kappa shape index (κ2) is 13.3. The first kappa shape index (κ1) is 27.6. The van der Waals surface area contributed by atoms with Gasteiger partial charge in [0.05, 0.1) is 5.69 Å². The van der Waals surface area contributed by atoms with E-state index in [1.54, 1.807) is 31.9 Å². The van der Waals surface area contributed by atoms with E-state index in [4.69, 9.17) is 0 Å². The molecule has 0 spiro atoms. The lowest BCUT2D eigenvalue weighted by molar-refractivity contribution is -0.145. The second-order valence-corrected chi connectivity index (χ2v) is 8.75. The molecule has 190 valence electrons. The maximum absolute atomic E-state index is 11.7. The fraction of sp³-hybridized carbons (Fsp3) is 0.652. The molecule has 11 nitrogen and oxygen atoms in total. The zero-order valence-electron chi connectivity index (χ0n) is 20.2. The topological polar surface area (TPSA) is 138 Å². The van der Waals surface area contributed by atoms with E-state index in [0.29, 0.717) is 58.9 Å². The van der Waals surface area contributed by atoms with Crippen molar-refractivity contribution in [3.8, 4) is 0 Å². The summed E-state index contributed by atoms with van der Waals surface area (Å²) < 4.78 is 0. The molecule has 1 saturated heterocycles. The number of nitrogens with zero attached hydrogens (tertiary/aromatic N) is 5. The molecule has 0 aliphatic carbocycles. The molecule has 3 N–H and O–H groups in total. The van der Waals surface area contributed by atoms with Crippen molar-refractivity contribution in [1.29, 1.82) is 0 Å². The lowest BCUT2D eigenvalue weighted by Gasteiger charge is -2.37. The van der Waals surface area contributed by atoms with Crippen LogP contribution in [0.25, 0.3) is 0 Å². The Kier molecular flexibility index (Phi) is 10.8. The van der Waals surface area contributed by atoms with E-state index in [9.17, 15) is 29.7 Å². The van der Waals surface area contributed by atoms with Crippen LogP contribution < -0.4 is 0 Å². The van der Waals surface area contributed by atoms with Gasteiger partial charge >= 0.3 is 17.9 Å². The molecule has 1 fully saturated rings. The minimum absolute atomic E-state index is 0.362. The molecule has 3 atom stereocenters. The molecule has 0 saturated carbocycles. The Morgan fingerprint density at radius 3 is 1.44 bits per heavy atom. The van der Waals surface area contributed by atoms with Gasteiger partial charge in [0.15, 0.2) is 0 Å². The van der Waals surface area contributed by atoms with Crippen LogP contribution in [0.3, 0.4) is 0 Å². The fourth-order valence-electron chi connectivity index (χ4n) is 4.01. The minimum atomic E-state index is -0.968. The van der Waals surface area contributed by atoms with Gasteiger partial charge in [0.1, 0.15) is 18.1 Å². The Bertz CT molecular complexity index is 774. The highest BCUT2D eigenvalue weighted by Gasteiger charge is 2.28. The van der Waals surface area contributed by atoms with Crippen molar-refractivity contribution in [3.63, 3.8) is 0 Å². The molecular weight excluding hydrogens is 442 g/mol. The molecule has 0 bridgehead atoms. The van der Waals surface area contributed by atoms with Crippen LogP contribution in [0.15, 0.2) is 24.4 Å². The molecule has 3 unspecified atom stereocenters. The Labute approximate surface area is 200 Å². The van der Waals surface area contributed by atoms with E-state index in [0.717, 1.165) is 5.69 Å². The van der Waals surface area contributed by atoms with Gasteiger partial charge in [-0.25, -0.2) is 0 Å². The zero-order chi connectivity index (χ0) is 25.3. The molecule has 0 radical (unpaired) electrons. The summed E-state index contributed by atoms with van der Waals surface area (Å²) in [4.78, 5) is 47.1. The van der Waals surface area contributed by atoms with Crippen molar-refractivity contribution < 1.29 is 29.7 Å². The van der Waals surface area contributed by atoms with E-state index in [1.807, 2.05) is 28.0 Å². The highest BCUT2D eigenvalue weighted by atomic mass is 16.4. The average molecular weight is 480 g/mol. The standard InChI is InChI=1S/C23H37N5O6/c1-17(21(29)30)26-10-8-25(16-20-6-4-5-7-24-20)9-11-27(18(2)22(31)32)13-15-28(14-12-26)19(3)23(33)34/h4-7,17-19H,8-16H2,1-3H3,(H,29,30)(H,31,32)(H,33,34). The predicted octanol–water partition coefficient (Wildman–Crippen LogP) is 0.223. The van der Waals surface area contributed by atoms with Gasteiger partial charge in [0, 0.05) is 65.1 Å². The minimum Gasteiger partial charge on any atom is -0.480 e. The van der Waals surface area contributed by atoms with Crippen LogP contribution in [0.1, 0.15) is 26.5 Å². The van der Waals surface area contributed by atoms with Crippen molar-refractivity contribution in [2.75, 3.05) is 52.4 Å². The van der Waals surface area contributed by atoms with Gasteiger partial charge in [-0.1, -0.05) is 6.07 Å². The van der Waals surface area contributed by atoms with Crippen LogP contribution in [-0.2, 0) is 20.9 Å². The van der Waals surface area contributed by atoms with Crippen molar-refractivity contribution in [2.45, 2.75) is 45.4 Å². The van der Waals surface area contributed by atoms with Crippen molar-refractivity contribution in [1.82, 2.24) is 24.6 Å². The maximum Gasteiger partial charge on any atom is 0.320 e. The van der Waals surface area contributed by atoms with Crippen LogP contribution in [-0.4, -0.2) is 128 Å². The maximum atomic E-state index is 11.7. The van der Waals surface area contributed by atoms with Gasteiger partial charge in [0.25, 0.3) is 0 Å². The van der Waals surface area contributed by atoms with E-state index < -0.39 is 36.0 Å². The molecule has 2 heterocycles. The Morgan fingerprint density at radius 2 is 1.12 bits per heavy atom. The monoisotopic (exact) mass is 479 g/mol. The molecule has 0 aromatic carbocycles. The molecule has 34 heavy (non-hydrogen) atoms. The van der Waals surface area contributed by atoms with Crippen LogP contribution in [0, 0.1) is 0 Å². The number of aliphatic carboxylic acids is 3. The fourth-order valence-corrected chi connectivity index (χ4v) is 4.01. The average Bonchev–Trinajstić information content (AvgIpc) is 2.80. The summed E-state index contributed by atoms with van der Waals surface area (Å²) in [6, 6.07) is 3.48. The van der Waals surface area contributed by atoms with Crippen LogP contribution in [0.4, 0.5) is 0 Å². The molecule has 1 aromatic heterocycles. The number of hydrogen-bond donors (Lipinski definition) is 3. The number of hydrogen-bond acceptors (Lipinski definition) is 8. The Balaban J connectivity index is 2.28. The molecule has 1 aromatic rings. The summed E-state index contributed by atoms with van der Waals surface area (Å²) in [5, 5.41) is 28.8. The first-order valence-electron chi connectivity index (χ1n) is 11.6. The first-order valence-corrected chi connectivity index (χ1v) is 11.6. The Hall–Kier alpha value is -2.60. The van der Waals surface area contributed by atoms with Gasteiger partial charge in [-0.2, -0.15) is 0 Å². The lowest BCUT2D eigenvalue weighted by Crippen LogP contribution is -2.53. The summed E-state index contributed by atoms with van der Waals surface area (Å²) in [6.45, 7) is 9.02. The number of aromatic nitrogens is 1. The predicted molar refractivity (Wildman–Crippen MR) is 126 cm³/mol. The van der Waals surface area contributed by atoms with Crippen molar-refractivity contribution >= 4 is 17.9 Å².